The quantitative estimate of drug-likeness (QED) is 0.875. The van der Waals surface area contributed by atoms with Crippen LogP contribution in [-0.2, 0) is 4.79 Å². The Morgan fingerprint density at radius 2 is 2.21 bits per heavy atom. The Hall–Kier alpha value is -2.09. The SMILES string of the molecule is Cc1ccc(C#N)c(N2CC(C(=O)NC3CC3)C2)n1. The number of pyridine rings is 1. The molecule has 98 valence electrons. The monoisotopic (exact) mass is 256 g/mol. The van der Waals surface area contributed by atoms with Gasteiger partial charge in [0, 0.05) is 24.8 Å². The molecule has 2 heterocycles. The van der Waals surface area contributed by atoms with Crippen molar-refractivity contribution in [2.24, 2.45) is 5.92 Å². The van der Waals surface area contributed by atoms with Crippen LogP contribution < -0.4 is 10.2 Å². The van der Waals surface area contributed by atoms with E-state index in [4.69, 9.17) is 5.26 Å². The van der Waals surface area contributed by atoms with Gasteiger partial charge in [-0.05, 0) is 31.9 Å². The van der Waals surface area contributed by atoms with Crippen molar-refractivity contribution >= 4 is 11.7 Å². The molecule has 0 unspecified atom stereocenters. The molecule has 1 aliphatic heterocycles. The van der Waals surface area contributed by atoms with Gasteiger partial charge in [0.2, 0.25) is 5.91 Å². The van der Waals surface area contributed by atoms with Gasteiger partial charge in [0.25, 0.3) is 0 Å². The topological polar surface area (TPSA) is 69.0 Å². The summed E-state index contributed by atoms with van der Waals surface area (Å²) in [6, 6.07) is 6.18. The first-order valence-corrected chi connectivity index (χ1v) is 6.60. The number of hydrogen-bond donors (Lipinski definition) is 1. The van der Waals surface area contributed by atoms with E-state index in [1.54, 1.807) is 6.07 Å². The molecule has 0 bridgehead atoms. The highest BCUT2D eigenvalue weighted by molar-refractivity contribution is 5.82. The van der Waals surface area contributed by atoms with Crippen LogP contribution in [0.1, 0.15) is 24.1 Å². The summed E-state index contributed by atoms with van der Waals surface area (Å²) in [6.45, 7) is 3.22. The number of carbonyl (C=O) groups is 1. The van der Waals surface area contributed by atoms with Gasteiger partial charge >= 0.3 is 0 Å². The van der Waals surface area contributed by atoms with Gasteiger partial charge in [-0.3, -0.25) is 4.79 Å². The van der Waals surface area contributed by atoms with Crippen LogP contribution in [0, 0.1) is 24.2 Å². The third kappa shape index (κ3) is 2.39. The van der Waals surface area contributed by atoms with Gasteiger partial charge in [-0.25, -0.2) is 4.98 Å². The number of rotatable bonds is 3. The molecule has 1 saturated heterocycles. The summed E-state index contributed by atoms with van der Waals surface area (Å²) >= 11 is 0. The number of nitriles is 1. The minimum absolute atomic E-state index is 0.0365. The molecular formula is C14H16N4O. The number of nitrogens with one attached hydrogen (secondary N) is 1. The van der Waals surface area contributed by atoms with Crippen molar-refractivity contribution in [2.45, 2.75) is 25.8 Å². The Bertz CT molecular complexity index is 553. The first kappa shape index (κ1) is 12.0. The minimum Gasteiger partial charge on any atom is -0.354 e. The van der Waals surface area contributed by atoms with Crippen molar-refractivity contribution in [3.05, 3.63) is 23.4 Å². The Labute approximate surface area is 112 Å². The molecule has 1 aromatic rings. The minimum atomic E-state index is 0.0365. The molecule has 0 spiro atoms. The van der Waals surface area contributed by atoms with Gasteiger partial charge < -0.3 is 10.2 Å². The van der Waals surface area contributed by atoms with Crippen molar-refractivity contribution in [1.29, 1.82) is 5.26 Å². The van der Waals surface area contributed by atoms with Crippen LogP contribution in [0.5, 0.6) is 0 Å². The molecule has 1 saturated carbocycles. The fraction of sp³-hybridized carbons (Fsp3) is 0.500. The van der Waals surface area contributed by atoms with E-state index >= 15 is 0 Å². The maximum absolute atomic E-state index is 11.9. The number of anilines is 1. The zero-order valence-corrected chi connectivity index (χ0v) is 10.9. The van der Waals surface area contributed by atoms with Crippen LogP contribution in [0.4, 0.5) is 5.82 Å². The van der Waals surface area contributed by atoms with E-state index in [-0.39, 0.29) is 11.8 Å². The van der Waals surface area contributed by atoms with E-state index in [1.807, 2.05) is 17.9 Å². The van der Waals surface area contributed by atoms with Gasteiger partial charge in [0.1, 0.15) is 11.9 Å². The largest absolute Gasteiger partial charge is 0.354 e. The summed E-state index contributed by atoms with van der Waals surface area (Å²) in [4.78, 5) is 18.3. The smallest absolute Gasteiger partial charge is 0.226 e. The van der Waals surface area contributed by atoms with Crippen molar-refractivity contribution in [3.8, 4) is 6.07 Å². The summed E-state index contributed by atoms with van der Waals surface area (Å²) < 4.78 is 0. The van der Waals surface area contributed by atoms with E-state index in [0.717, 1.165) is 18.5 Å². The van der Waals surface area contributed by atoms with Crippen LogP contribution in [0.25, 0.3) is 0 Å². The number of aromatic nitrogens is 1. The van der Waals surface area contributed by atoms with Crippen LogP contribution in [0.3, 0.4) is 0 Å². The van der Waals surface area contributed by atoms with Crippen molar-refractivity contribution in [3.63, 3.8) is 0 Å². The van der Waals surface area contributed by atoms with Crippen molar-refractivity contribution in [1.82, 2.24) is 10.3 Å². The third-order valence-corrected chi connectivity index (χ3v) is 3.61. The number of aryl methyl sites for hydroxylation is 1. The highest BCUT2D eigenvalue weighted by Gasteiger charge is 2.36. The number of carbonyl (C=O) groups excluding carboxylic acids is 1. The molecule has 1 aliphatic carbocycles. The zero-order valence-electron chi connectivity index (χ0n) is 10.9. The Kier molecular flexibility index (Phi) is 2.86. The summed E-state index contributed by atoms with van der Waals surface area (Å²) in [7, 11) is 0. The van der Waals surface area contributed by atoms with E-state index in [2.05, 4.69) is 16.4 Å². The lowest BCUT2D eigenvalue weighted by Crippen LogP contribution is -2.54. The van der Waals surface area contributed by atoms with Gasteiger partial charge in [-0.15, -0.1) is 0 Å². The number of amides is 1. The standard InChI is InChI=1S/C14H16N4O/c1-9-2-3-10(6-15)13(16-9)18-7-11(8-18)14(19)17-12-4-5-12/h2-3,11-12H,4-5,7-8H2,1H3,(H,17,19). The molecule has 0 atom stereocenters. The lowest BCUT2D eigenvalue weighted by molar-refractivity contribution is -0.125. The molecule has 5 heteroatoms. The lowest BCUT2D eigenvalue weighted by atomic mass is 9.98. The summed E-state index contributed by atoms with van der Waals surface area (Å²) in [5.74, 6) is 0.886. The number of hydrogen-bond acceptors (Lipinski definition) is 4. The molecule has 2 fully saturated rings. The van der Waals surface area contributed by atoms with E-state index < -0.39 is 0 Å². The fourth-order valence-corrected chi connectivity index (χ4v) is 2.24. The molecule has 1 amide bonds. The predicted octanol–water partition coefficient (Wildman–Crippen LogP) is 0.976. The lowest BCUT2D eigenvalue weighted by Gasteiger charge is -2.39. The highest BCUT2D eigenvalue weighted by atomic mass is 16.2. The first-order valence-electron chi connectivity index (χ1n) is 6.60. The van der Waals surface area contributed by atoms with Crippen LogP contribution in [-0.4, -0.2) is 30.0 Å². The normalized spacial score (nSPS) is 18.6. The molecule has 5 nitrogen and oxygen atoms in total. The Balaban J connectivity index is 1.65. The molecule has 2 aliphatic rings. The Morgan fingerprint density at radius 1 is 1.47 bits per heavy atom. The molecular weight excluding hydrogens is 240 g/mol. The highest BCUT2D eigenvalue weighted by Crippen LogP contribution is 2.27. The molecule has 0 aromatic carbocycles. The second kappa shape index (κ2) is 4.54. The van der Waals surface area contributed by atoms with Gasteiger partial charge in [0.15, 0.2) is 0 Å². The summed E-state index contributed by atoms with van der Waals surface area (Å²) in [6.07, 6.45) is 2.22. The maximum Gasteiger partial charge on any atom is 0.226 e. The van der Waals surface area contributed by atoms with Gasteiger partial charge in [0.05, 0.1) is 11.5 Å². The Morgan fingerprint density at radius 3 is 2.84 bits per heavy atom. The summed E-state index contributed by atoms with van der Waals surface area (Å²) in [5.41, 5.74) is 1.46. The van der Waals surface area contributed by atoms with Crippen molar-refractivity contribution < 1.29 is 4.79 Å². The average molecular weight is 256 g/mol. The van der Waals surface area contributed by atoms with Crippen LogP contribution >= 0.6 is 0 Å². The predicted molar refractivity (Wildman–Crippen MR) is 70.6 cm³/mol. The van der Waals surface area contributed by atoms with Crippen LogP contribution in [0.15, 0.2) is 12.1 Å². The second-order valence-corrected chi connectivity index (χ2v) is 5.32. The number of nitrogens with zero attached hydrogens (tertiary/aromatic N) is 3. The van der Waals surface area contributed by atoms with Crippen molar-refractivity contribution in [2.75, 3.05) is 18.0 Å². The van der Waals surface area contributed by atoms with Crippen LogP contribution in [0.2, 0.25) is 0 Å². The molecule has 3 rings (SSSR count). The second-order valence-electron chi connectivity index (χ2n) is 5.32. The maximum atomic E-state index is 11.9. The summed E-state index contributed by atoms with van der Waals surface area (Å²) in [5, 5.41) is 12.1. The third-order valence-electron chi connectivity index (χ3n) is 3.61. The first-order chi connectivity index (χ1) is 9.17. The molecule has 1 N–H and O–H groups in total. The molecule has 0 radical (unpaired) electrons. The fourth-order valence-electron chi connectivity index (χ4n) is 2.24. The average Bonchev–Trinajstić information content (AvgIpc) is 3.11. The molecule has 19 heavy (non-hydrogen) atoms. The van der Waals surface area contributed by atoms with Gasteiger partial charge in [-0.1, -0.05) is 0 Å². The van der Waals surface area contributed by atoms with E-state index in [9.17, 15) is 4.79 Å². The van der Waals surface area contributed by atoms with E-state index in [1.165, 1.54) is 0 Å². The van der Waals surface area contributed by atoms with E-state index in [0.29, 0.717) is 30.5 Å². The molecule has 1 aromatic heterocycles. The van der Waals surface area contributed by atoms with Gasteiger partial charge in [-0.2, -0.15) is 5.26 Å². The zero-order chi connectivity index (χ0) is 13.4.